The second kappa shape index (κ2) is 7.63. The minimum absolute atomic E-state index is 0.0481. The molecule has 0 radical (unpaired) electrons. The number of methoxy groups -OCH3 is 1. The van der Waals surface area contributed by atoms with Gasteiger partial charge in [0.05, 0.1) is 25.7 Å². The summed E-state index contributed by atoms with van der Waals surface area (Å²) in [5.41, 5.74) is 0. The molecule has 2 atom stereocenters. The molecule has 17 heavy (non-hydrogen) atoms. The van der Waals surface area contributed by atoms with Crippen molar-refractivity contribution in [1.29, 1.82) is 0 Å². The van der Waals surface area contributed by atoms with E-state index in [1.165, 1.54) is 7.11 Å². The number of hydrogen-bond donors (Lipinski definition) is 1. The van der Waals surface area contributed by atoms with E-state index >= 15 is 0 Å². The minimum atomic E-state index is -0.480. The van der Waals surface area contributed by atoms with Gasteiger partial charge >= 0.3 is 5.97 Å². The van der Waals surface area contributed by atoms with Gasteiger partial charge in [-0.1, -0.05) is 0 Å². The second-order valence-corrected chi connectivity index (χ2v) is 4.44. The van der Waals surface area contributed by atoms with Crippen LogP contribution < -0.4 is 0 Å². The number of aliphatic hydroxyl groups is 1. The van der Waals surface area contributed by atoms with Crippen molar-refractivity contribution in [1.82, 2.24) is 4.90 Å². The third-order valence-corrected chi connectivity index (χ3v) is 3.02. The number of carbonyl (C=O) groups excluding carboxylic acids is 1. The average molecular weight is 245 g/mol. The number of carbonyl (C=O) groups is 1. The van der Waals surface area contributed by atoms with Crippen LogP contribution in [-0.2, 0) is 14.3 Å². The van der Waals surface area contributed by atoms with E-state index in [1.54, 1.807) is 0 Å². The Bertz CT molecular complexity index is 235. The van der Waals surface area contributed by atoms with E-state index in [0.29, 0.717) is 26.3 Å². The quantitative estimate of drug-likeness (QED) is 0.681. The van der Waals surface area contributed by atoms with Crippen molar-refractivity contribution >= 4 is 5.97 Å². The number of β-amino-alcohol motifs (C(OH)–C–C–N with tert-alkyl or cyclic N) is 1. The lowest BCUT2D eigenvalue weighted by atomic mass is 9.98. The van der Waals surface area contributed by atoms with Crippen molar-refractivity contribution in [2.24, 2.45) is 5.92 Å². The van der Waals surface area contributed by atoms with Crippen LogP contribution in [0.2, 0.25) is 0 Å². The van der Waals surface area contributed by atoms with Crippen molar-refractivity contribution in [2.75, 3.05) is 40.0 Å². The summed E-state index contributed by atoms with van der Waals surface area (Å²) in [6.07, 6.45) is 1.37. The zero-order valence-electron chi connectivity index (χ0n) is 10.7. The molecule has 1 saturated heterocycles. The van der Waals surface area contributed by atoms with Crippen molar-refractivity contribution in [3.63, 3.8) is 0 Å². The number of piperidine rings is 1. The fourth-order valence-corrected chi connectivity index (χ4v) is 2.19. The molecule has 0 aliphatic carbocycles. The molecular formula is C12H23NO4. The Morgan fingerprint density at radius 1 is 1.59 bits per heavy atom. The molecule has 1 aliphatic heterocycles. The summed E-state index contributed by atoms with van der Waals surface area (Å²) in [4.78, 5) is 13.5. The third kappa shape index (κ3) is 5.02. The van der Waals surface area contributed by atoms with E-state index in [0.717, 1.165) is 19.4 Å². The summed E-state index contributed by atoms with van der Waals surface area (Å²) < 4.78 is 9.92. The van der Waals surface area contributed by atoms with Gasteiger partial charge in [0.1, 0.15) is 0 Å². The van der Waals surface area contributed by atoms with Gasteiger partial charge in [0.2, 0.25) is 0 Å². The normalized spacial score (nSPS) is 23.4. The summed E-state index contributed by atoms with van der Waals surface area (Å²) in [6, 6.07) is 0. The fourth-order valence-electron chi connectivity index (χ4n) is 2.19. The first-order valence-corrected chi connectivity index (χ1v) is 6.23. The number of ether oxygens (including phenoxy) is 2. The molecule has 5 nitrogen and oxygen atoms in total. The Morgan fingerprint density at radius 2 is 2.35 bits per heavy atom. The smallest absolute Gasteiger partial charge is 0.309 e. The number of likely N-dealkylation sites (tertiary alicyclic amines) is 1. The van der Waals surface area contributed by atoms with Crippen molar-refractivity contribution in [3.8, 4) is 0 Å². The number of nitrogens with zero attached hydrogens (tertiary/aromatic N) is 1. The zero-order chi connectivity index (χ0) is 12.7. The Hall–Kier alpha value is -0.650. The third-order valence-electron chi connectivity index (χ3n) is 3.02. The summed E-state index contributed by atoms with van der Waals surface area (Å²) >= 11 is 0. The first-order chi connectivity index (χ1) is 8.17. The van der Waals surface area contributed by atoms with E-state index in [4.69, 9.17) is 9.47 Å². The molecule has 1 aliphatic rings. The van der Waals surface area contributed by atoms with E-state index in [9.17, 15) is 9.90 Å². The van der Waals surface area contributed by atoms with Gasteiger partial charge in [-0.15, -0.1) is 0 Å². The largest absolute Gasteiger partial charge is 0.469 e. The highest BCUT2D eigenvalue weighted by Gasteiger charge is 2.27. The highest BCUT2D eigenvalue weighted by molar-refractivity contribution is 5.72. The van der Waals surface area contributed by atoms with Gasteiger partial charge in [-0.3, -0.25) is 9.69 Å². The SMILES string of the molecule is CCOCC(O)CN1CCC[C@H](C(=O)OC)C1. The van der Waals surface area contributed by atoms with E-state index < -0.39 is 6.10 Å². The monoisotopic (exact) mass is 245 g/mol. The van der Waals surface area contributed by atoms with E-state index in [1.807, 2.05) is 6.92 Å². The highest BCUT2D eigenvalue weighted by Crippen LogP contribution is 2.17. The molecule has 1 rings (SSSR count). The van der Waals surface area contributed by atoms with Crippen LogP contribution >= 0.6 is 0 Å². The molecule has 100 valence electrons. The Balaban J connectivity index is 2.31. The molecule has 1 N–H and O–H groups in total. The number of esters is 1. The van der Waals surface area contributed by atoms with Gasteiger partial charge in [0.15, 0.2) is 0 Å². The minimum Gasteiger partial charge on any atom is -0.469 e. The first kappa shape index (κ1) is 14.4. The summed E-state index contributed by atoms with van der Waals surface area (Å²) in [7, 11) is 1.42. The van der Waals surface area contributed by atoms with Crippen LogP contribution in [0.25, 0.3) is 0 Å². The molecule has 0 aromatic rings. The predicted molar refractivity (Wildman–Crippen MR) is 63.7 cm³/mol. The van der Waals surface area contributed by atoms with Crippen molar-refractivity contribution in [3.05, 3.63) is 0 Å². The Labute approximate surface area is 103 Å². The lowest BCUT2D eigenvalue weighted by Gasteiger charge is -2.32. The molecule has 1 heterocycles. The van der Waals surface area contributed by atoms with Crippen LogP contribution in [0.5, 0.6) is 0 Å². The van der Waals surface area contributed by atoms with Crippen LogP contribution in [0.15, 0.2) is 0 Å². The molecular weight excluding hydrogens is 222 g/mol. The molecule has 0 saturated carbocycles. The van der Waals surface area contributed by atoms with Crippen LogP contribution in [-0.4, -0.2) is 62.0 Å². The van der Waals surface area contributed by atoms with Gasteiger partial charge in [-0.25, -0.2) is 0 Å². The first-order valence-electron chi connectivity index (χ1n) is 6.23. The van der Waals surface area contributed by atoms with E-state index in [-0.39, 0.29) is 11.9 Å². The fraction of sp³-hybridized carbons (Fsp3) is 0.917. The zero-order valence-corrected chi connectivity index (χ0v) is 10.7. The predicted octanol–water partition coefficient (Wildman–Crippen LogP) is 0.269. The summed E-state index contributed by atoms with van der Waals surface area (Å²) in [6.45, 7) is 5.04. The maximum Gasteiger partial charge on any atom is 0.309 e. The highest BCUT2D eigenvalue weighted by atomic mass is 16.5. The maximum atomic E-state index is 11.4. The molecule has 0 amide bonds. The molecule has 5 heteroatoms. The van der Waals surface area contributed by atoms with Crippen LogP contribution in [0.4, 0.5) is 0 Å². The van der Waals surface area contributed by atoms with Gasteiger partial charge < -0.3 is 14.6 Å². The summed E-state index contributed by atoms with van der Waals surface area (Å²) in [5, 5.41) is 9.73. The number of hydrogen-bond acceptors (Lipinski definition) is 5. The molecule has 0 bridgehead atoms. The van der Waals surface area contributed by atoms with Gasteiger partial charge in [-0.05, 0) is 26.3 Å². The topological polar surface area (TPSA) is 59.0 Å². The lowest BCUT2D eigenvalue weighted by molar-refractivity contribution is -0.147. The van der Waals surface area contributed by atoms with Gasteiger partial charge in [0, 0.05) is 19.7 Å². The van der Waals surface area contributed by atoms with Gasteiger partial charge in [0.25, 0.3) is 0 Å². The lowest BCUT2D eigenvalue weighted by Crippen LogP contribution is -2.43. The average Bonchev–Trinajstić information content (AvgIpc) is 2.35. The molecule has 1 unspecified atom stereocenters. The molecule has 0 aromatic carbocycles. The maximum absolute atomic E-state index is 11.4. The van der Waals surface area contributed by atoms with Crippen molar-refractivity contribution in [2.45, 2.75) is 25.9 Å². The van der Waals surface area contributed by atoms with Gasteiger partial charge in [-0.2, -0.15) is 0 Å². The van der Waals surface area contributed by atoms with Crippen LogP contribution in [0.1, 0.15) is 19.8 Å². The van der Waals surface area contributed by atoms with Crippen molar-refractivity contribution < 1.29 is 19.4 Å². The Kier molecular flexibility index (Phi) is 6.47. The standard InChI is InChI=1S/C12H23NO4/c1-3-17-9-11(14)8-13-6-4-5-10(7-13)12(15)16-2/h10-11,14H,3-9H2,1-2H3/t10-,11?/m0/s1. The molecule has 0 spiro atoms. The summed E-state index contributed by atoms with van der Waals surface area (Å²) in [5.74, 6) is -0.193. The number of rotatable bonds is 6. The molecule has 1 fully saturated rings. The second-order valence-electron chi connectivity index (χ2n) is 4.44. The molecule has 0 aromatic heterocycles. The number of aliphatic hydroxyl groups excluding tert-OH is 1. The Morgan fingerprint density at radius 3 is 3.00 bits per heavy atom. The van der Waals surface area contributed by atoms with E-state index in [2.05, 4.69) is 4.90 Å². The van der Waals surface area contributed by atoms with Crippen LogP contribution in [0.3, 0.4) is 0 Å². The van der Waals surface area contributed by atoms with Crippen LogP contribution in [0, 0.1) is 5.92 Å².